The summed E-state index contributed by atoms with van der Waals surface area (Å²) in [6.07, 6.45) is 0.265. The number of ether oxygens (including phenoxy) is 1. The molecule has 6 nitrogen and oxygen atoms in total. The molecule has 0 aromatic heterocycles. The Hall–Kier alpha value is -2.08. The second kappa shape index (κ2) is 9.80. The molecule has 1 aromatic carbocycles. The minimum Gasteiger partial charge on any atom is -0.383 e. The Balaban J connectivity index is 2.07. The maximum Gasteiger partial charge on any atom is 0.239 e. The van der Waals surface area contributed by atoms with Gasteiger partial charge in [0.15, 0.2) is 0 Å². The van der Waals surface area contributed by atoms with Crippen molar-refractivity contribution >= 4 is 17.5 Å². The summed E-state index contributed by atoms with van der Waals surface area (Å²) >= 11 is 0. The van der Waals surface area contributed by atoms with Gasteiger partial charge in [-0.1, -0.05) is 18.2 Å². The van der Waals surface area contributed by atoms with Crippen molar-refractivity contribution in [2.24, 2.45) is 0 Å². The molecule has 3 N–H and O–H groups in total. The Morgan fingerprint density at radius 2 is 1.75 bits per heavy atom. The second-order valence-electron chi connectivity index (χ2n) is 4.16. The fraction of sp³-hybridized carbons (Fsp3) is 0.429. The topological polar surface area (TPSA) is 79.5 Å². The van der Waals surface area contributed by atoms with Crippen LogP contribution in [0.3, 0.4) is 0 Å². The lowest BCUT2D eigenvalue weighted by Gasteiger charge is -2.08. The first-order valence-electron chi connectivity index (χ1n) is 6.53. The number of anilines is 1. The van der Waals surface area contributed by atoms with E-state index in [0.717, 1.165) is 5.69 Å². The first-order valence-corrected chi connectivity index (χ1v) is 6.53. The molecule has 20 heavy (non-hydrogen) atoms. The average Bonchev–Trinajstić information content (AvgIpc) is 2.46. The predicted octanol–water partition coefficient (Wildman–Crippen LogP) is 0.367. The molecule has 2 amide bonds. The summed E-state index contributed by atoms with van der Waals surface area (Å²) < 4.78 is 4.82. The van der Waals surface area contributed by atoms with Gasteiger partial charge in [-0.3, -0.25) is 9.59 Å². The molecule has 1 rings (SSSR count). The van der Waals surface area contributed by atoms with Crippen LogP contribution in [0.15, 0.2) is 30.3 Å². The van der Waals surface area contributed by atoms with Crippen molar-refractivity contribution in [3.05, 3.63) is 30.3 Å². The molecule has 0 heterocycles. The van der Waals surface area contributed by atoms with Crippen molar-refractivity contribution in [2.45, 2.75) is 6.42 Å². The van der Waals surface area contributed by atoms with Gasteiger partial charge in [-0.2, -0.15) is 0 Å². The minimum atomic E-state index is -0.140. The maximum absolute atomic E-state index is 11.5. The van der Waals surface area contributed by atoms with Crippen molar-refractivity contribution < 1.29 is 14.3 Å². The quantitative estimate of drug-likeness (QED) is 0.571. The molecule has 0 saturated carbocycles. The number of nitrogens with one attached hydrogen (secondary N) is 3. The highest BCUT2D eigenvalue weighted by Gasteiger charge is 2.03. The number of hydrogen-bond donors (Lipinski definition) is 3. The third-order valence-corrected chi connectivity index (χ3v) is 2.53. The molecule has 6 heteroatoms. The first-order chi connectivity index (χ1) is 9.72. The monoisotopic (exact) mass is 279 g/mol. The van der Waals surface area contributed by atoms with Gasteiger partial charge in [0.25, 0.3) is 0 Å². The normalized spacial score (nSPS) is 9.85. The lowest BCUT2D eigenvalue weighted by Crippen LogP contribution is -2.34. The van der Waals surface area contributed by atoms with E-state index in [0.29, 0.717) is 19.7 Å². The summed E-state index contributed by atoms with van der Waals surface area (Å²) in [5.41, 5.74) is 0.889. The zero-order valence-corrected chi connectivity index (χ0v) is 11.6. The van der Waals surface area contributed by atoms with Crippen molar-refractivity contribution in [1.82, 2.24) is 10.6 Å². The molecule has 0 aliphatic carbocycles. The van der Waals surface area contributed by atoms with E-state index >= 15 is 0 Å². The highest BCUT2D eigenvalue weighted by molar-refractivity contribution is 5.81. The fourth-order valence-electron chi connectivity index (χ4n) is 1.50. The van der Waals surface area contributed by atoms with Gasteiger partial charge in [-0.05, 0) is 12.1 Å². The van der Waals surface area contributed by atoms with E-state index in [1.165, 1.54) is 0 Å². The fourth-order valence-corrected chi connectivity index (χ4v) is 1.50. The molecule has 0 atom stereocenters. The third kappa shape index (κ3) is 7.38. The van der Waals surface area contributed by atoms with Gasteiger partial charge in [0.1, 0.15) is 0 Å². The molecule has 1 aromatic rings. The first kappa shape index (κ1) is 16.0. The smallest absolute Gasteiger partial charge is 0.239 e. The van der Waals surface area contributed by atoms with Crippen LogP contribution >= 0.6 is 0 Å². The Morgan fingerprint density at radius 1 is 1.05 bits per heavy atom. The van der Waals surface area contributed by atoms with Crippen LogP contribution in [-0.4, -0.2) is 45.2 Å². The van der Waals surface area contributed by atoms with Crippen LogP contribution in [0.2, 0.25) is 0 Å². The van der Waals surface area contributed by atoms with Gasteiger partial charge in [0, 0.05) is 32.3 Å². The van der Waals surface area contributed by atoms with Crippen LogP contribution in [0, 0.1) is 0 Å². The molecular formula is C14H21N3O3. The summed E-state index contributed by atoms with van der Waals surface area (Å²) in [5.74, 6) is -0.239. The van der Waals surface area contributed by atoms with E-state index in [2.05, 4.69) is 16.0 Å². The maximum atomic E-state index is 11.5. The second-order valence-corrected chi connectivity index (χ2v) is 4.16. The molecule has 0 saturated heterocycles. The van der Waals surface area contributed by atoms with E-state index in [9.17, 15) is 9.59 Å². The average molecular weight is 279 g/mol. The molecule has 0 aliphatic heterocycles. The number of carbonyl (C=O) groups is 2. The van der Waals surface area contributed by atoms with E-state index in [1.807, 2.05) is 30.3 Å². The van der Waals surface area contributed by atoms with Crippen molar-refractivity contribution in [2.75, 3.05) is 38.7 Å². The molecule has 0 bridgehead atoms. The van der Waals surface area contributed by atoms with Crippen molar-refractivity contribution in [3.8, 4) is 0 Å². The lowest BCUT2D eigenvalue weighted by molar-refractivity contribution is -0.121. The highest BCUT2D eigenvalue weighted by atomic mass is 16.5. The lowest BCUT2D eigenvalue weighted by atomic mass is 10.3. The zero-order chi connectivity index (χ0) is 14.6. The van der Waals surface area contributed by atoms with Gasteiger partial charge < -0.3 is 20.7 Å². The molecule has 0 fully saturated rings. The van der Waals surface area contributed by atoms with Gasteiger partial charge in [-0.15, -0.1) is 0 Å². The molecule has 110 valence electrons. The number of amides is 2. The number of para-hydroxylation sites is 1. The number of hydrogen-bond acceptors (Lipinski definition) is 4. The summed E-state index contributed by atoms with van der Waals surface area (Å²) in [4.78, 5) is 22.9. The van der Waals surface area contributed by atoms with E-state index in [-0.39, 0.29) is 24.8 Å². The Kier molecular flexibility index (Phi) is 7.83. The highest BCUT2D eigenvalue weighted by Crippen LogP contribution is 2.03. The summed E-state index contributed by atoms with van der Waals surface area (Å²) in [7, 11) is 1.58. The number of benzene rings is 1. The Labute approximate surface area is 118 Å². The molecule has 0 spiro atoms. The number of rotatable bonds is 9. The standard InChI is InChI=1S/C14H21N3O3/c1-20-10-9-16-13(18)7-8-15-14(19)11-17-12-5-3-2-4-6-12/h2-6,17H,7-11H2,1H3,(H,15,19)(H,16,18). The van der Waals surface area contributed by atoms with Crippen LogP contribution in [-0.2, 0) is 14.3 Å². The summed E-state index contributed by atoms with van der Waals surface area (Å²) in [5, 5.41) is 8.36. The van der Waals surface area contributed by atoms with Gasteiger partial charge in [0.05, 0.1) is 13.2 Å². The number of methoxy groups -OCH3 is 1. The zero-order valence-electron chi connectivity index (χ0n) is 11.6. The molecular weight excluding hydrogens is 258 g/mol. The van der Waals surface area contributed by atoms with Crippen LogP contribution < -0.4 is 16.0 Å². The third-order valence-electron chi connectivity index (χ3n) is 2.53. The van der Waals surface area contributed by atoms with E-state index < -0.39 is 0 Å². The van der Waals surface area contributed by atoms with E-state index in [4.69, 9.17) is 4.74 Å². The summed E-state index contributed by atoms with van der Waals surface area (Å²) in [6, 6.07) is 9.47. The SMILES string of the molecule is COCCNC(=O)CCNC(=O)CNc1ccccc1. The van der Waals surface area contributed by atoms with Gasteiger partial charge in [-0.25, -0.2) is 0 Å². The molecule has 0 unspecified atom stereocenters. The Morgan fingerprint density at radius 3 is 2.45 bits per heavy atom. The summed E-state index contributed by atoms with van der Waals surface area (Å²) in [6.45, 7) is 1.49. The van der Waals surface area contributed by atoms with Crippen LogP contribution in [0.1, 0.15) is 6.42 Å². The van der Waals surface area contributed by atoms with Crippen molar-refractivity contribution in [3.63, 3.8) is 0 Å². The van der Waals surface area contributed by atoms with Crippen LogP contribution in [0.4, 0.5) is 5.69 Å². The van der Waals surface area contributed by atoms with Crippen LogP contribution in [0.25, 0.3) is 0 Å². The Bertz CT molecular complexity index is 409. The van der Waals surface area contributed by atoms with Gasteiger partial charge in [0.2, 0.25) is 11.8 Å². The van der Waals surface area contributed by atoms with Crippen molar-refractivity contribution in [1.29, 1.82) is 0 Å². The largest absolute Gasteiger partial charge is 0.383 e. The van der Waals surface area contributed by atoms with E-state index in [1.54, 1.807) is 7.11 Å². The number of carbonyl (C=O) groups excluding carboxylic acids is 2. The van der Waals surface area contributed by atoms with Gasteiger partial charge >= 0.3 is 0 Å². The van der Waals surface area contributed by atoms with Crippen LogP contribution in [0.5, 0.6) is 0 Å². The molecule has 0 aliphatic rings. The predicted molar refractivity (Wildman–Crippen MR) is 77.4 cm³/mol. The minimum absolute atomic E-state index is 0.0987. The molecule has 0 radical (unpaired) electrons.